The van der Waals surface area contributed by atoms with Gasteiger partial charge in [-0.1, -0.05) is 0 Å². The van der Waals surface area contributed by atoms with Gasteiger partial charge in [-0.15, -0.1) is 0 Å². The minimum atomic E-state index is -2.93. The highest BCUT2D eigenvalue weighted by Crippen LogP contribution is 2.32. The molecule has 0 N–H and O–H groups in total. The van der Waals surface area contributed by atoms with Crippen molar-refractivity contribution in [2.45, 2.75) is 19.8 Å². The highest BCUT2D eigenvalue weighted by Gasteiger charge is 2.29. The summed E-state index contributed by atoms with van der Waals surface area (Å²) in [5.74, 6) is -1.56. The van der Waals surface area contributed by atoms with E-state index in [0.29, 0.717) is 0 Å². The molecule has 0 spiro atoms. The number of hydrogen-bond donors (Lipinski definition) is 0. The minimum absolute atomic E-state index is 0.0635. The van der Waals surface area contributed by atoms with Gasteiger partial charge in [0.15, 0.2) is 6.20 Å². The Balaban J connectivity index is 3.33. The van der Waals surface area contributed by atoms with Crippen molar-refractivity contribution >= 4 is 34.4 Å². The van der Waals surface area contributed by atoms with Gasteiger partial charge >= 0.3 is 11.8 Å². The van der Waals surface area contributed by atoms with E-state index in [9.17, 15) is 23.7 Å². The van der Waals surface area contributed by atoms with E-state index in [1.807, 2.05) is 0 Å². The van der Waals surface area contributed by atoms with Gasteiger partial charge in [-0.3, -0.25) is 4.79 Å². The lowest BCUT2D eigenvalue weighted by atomic mass is 10.1. The van der Waals surface area contributed by atoms with Crippen molar-refractivity contribution in [1.82, 2.24) is 4.98 Å². The fourth-order valence-corrected chi connectivity index (χ4v) is 2.15. The lowest BCUT2D eigenvalue weighted by Gasteiger charge is -2.09. The van der Waals surface area contributed by atoms with Crippen molar-refractivity contribution in [2.24, 2.45) is 0 Å². The molecule has 0 unspecified atom stereocenters. The highest BCUT2D eigenvalue weighted by molar-refractivity contribution is 14.1. The van der Waals surface area contributed by atoms with Crippen LogP contribution in [0.15, 0.2) is 6.20 Å². The molecule has 0 atom stereocenters. The smallest absolute Gasteiger partial charge is 0.367 e. The maximum Gasteiger partial charge on any atom is 0.367 e. The highest BCUT2D eigenvalue weighted by atomic mass is 127. The largest absolute Gasteiger partial charge is 0.466 e. The molecule has 0 aliphatic carbocycles. The van der Waals surface area contributed by atoms with Crippen molar-refractivity contribution in [3.8, 4) is 0 Å². The van der Waals surface area contributed by atoms with Crippen LogP contribution in [0.25, 0.3) is 0 Å². The lowest BCUT2D eigenvalue weighted by molar-refractivity contribution is -0.390. The van der Waals surface area contributed by atoms with Crippen LogP contribution in [0.3, 0.4) is 0 Å². The van der Waals surface area contributed by atoms with E-state index < -0.39 is 40.7 Å². The van der Waals surface area contributed by atoms with E-state index in [1.165, 1.54) is 0 Å². The van der Waals surface area contributed by atoms with Gasteiger partial charge in [-0.25, -0.2) is 8.78 Å². The molecule has 0 saturated heterocycles. The Morgan fingerprint density at radius 3 is 2.74 bits per heavy atom. The van der Waals surface area contributed by atoms with Crippen LogP contribution in [0.4, 0.5) is 14.6 Å². The number of ether oxygens (including phenoxy) is 1. The average molecular weight is 386 g/mol. The molecule has 1 aromatic rings. The molecule has 104 valence electrons. The Labute approximate surface area is 120 Å². The van der Waals surface area contributed by atoms with Crippen LogP contribution in [-0.4, -0.2) is 22.5 Å². The lowest BCUT2D eigenvalue weighted by Crippen LogP contribution is -2.13. The zero-order valence-corrected chi connectivity index (χ0v) is 11.9. The van der Waals surface area contributed by atoms with Gasteiger partial charge in [-0.2, -0.15) is 0 Å². The predicted molar refractivity (Wildman–Crippen MR) is 68.9 cm³/mol. The van der Waals surface area contributed by atoms with Gasteiger partial charge in [0.05, 0.1) is 22.2 Å². The number of nitro groups is 1. The van der Waals surface area contributed by atoms with E-state index in [1.54, 1.807) is 29.5 Å². The first-order chi connectivity index (χ1) is 8.88. The topological polar surface area (TPSA) is 82.3 Å². The molecule has 0 fully saturated rings. The van der Waals surface area contributed by atoms with E-state index in [-0.39, 0.29) is 10.2 Å². The molecular weight excluding hydrogens is 377 g/mol. The third-order valence-electron chi connectivity index (χ3n) is 2.17. The van der Waals surface area contributed by atoms with Gasteiger partial charge in [0.2, 0.25) is 0 Å². The summed E-state index contributed by atoms with van der Waals surface area (Å²) in [6.45, 7) is 1.61. The maximum atomic E-state index is 13.0. The standard InChI is InChI=1S/C10H9F2IN2O4/c1-2-19-7(16)3-5-8(9(11)12)6(13)4-14-10(5)15(17)18/h4,9H,2-3H2,1H3. The van der Waals surface area contributed by atoms with Crippen molar-refractivity contribution in [2.75, 3.05) is 6.61 Å². The average Bonchev–Trinajstić information content (AvgIpc) is 2.28. The monoisotopic (exact) mass is 386 g/mol. The van der Waals surface area contributed by atoms with Gasteiger partial charge < -0.3 is 14.9 Å². The van der Waals surface area contributed by atoms with E-state index in [0.717, 1.165) is 6.20 Å². The van der Waals surface area contributed by atoms with Crippen LogP contribution in [0, 0.1) is 13.7 Å². The Morgan fingerprint density at radius 1 is 1.63 bits per heavy atom. The first-order valence-corrected chi connectivity index (χ1v) is 6.21. The zero-order valence-electron chi connectivity index (χ0n) is 9.73. The number of rotatable bonds is 5. The molecule has 9 heteroatoms. The van der Waals surface area contributed by atoms with E-state index in [4.69, 9.17) is 0 Å². The fraction of sp³-hybridized carbons (Fsp3) is 0.400. The first-order valence-electron chi connectivity index (χ1n) is 5.13. The number of aromatic nitrogens is 1. The molecule has 0 bridgehead atoms. The molecule has 1 heterocycles. The van der Waals surface area contributed by atoms with E-state index >= 15 is 0 Å². The summed E-state index contributed by atoms with van der Waals surface area (Å²) in [7, 11) is 0. The summed E-state index contributed by atoms with van der Waals surface area (Å²) in [6.07, 6.45) is -2.55. The SMILES string of the molecule is CCOC(=O)Cc1c([N+](=O)[O-])ncc(I)c1C(F)F. The van der Waals surface area contributed by atoms with Gasteiger partial charge in [0.25, 0.3) is 6.43 Å². The molecule has 1 rings (SSSR count). The van der Waals surface area contributed by atoms with Crippen molar-refractivity contribution < 1.29 is 23.2 Å². The van der Waals surface area contributed by atoms with Crippen LogP contribution < -0.4 is 0 Å². The van der Waals surface area contributed by atoms with Gasteiger partial charge in [0.1, 0.15) is 0 Å². The molecule has 0 saturated carbocycles. The second-order valence-corrected chi connectivity index (χ2v) is 4.52. The summed E-state index contributed by atoms with van der Waals surface area (Å²) in [4.78, 5) is 24.7. The quantitative estimate of drug-likeness (QED) is 0.336. The molecule has 19 heavy (non-hydrogen) atoms. The molecular formula is C10H9F2IN2O4. The summed E-state index contributed by atoms with van der Waals surface area (Å²) >= 11 is 1.59. The molecule has 0 aliphatic rings. The number of carbonyl (C=O) groups is 1. The zero-order chi connectivity index (χ0) is 14.6. The Hall–Kier alpha value is -1.39. The number of hydrogen-bond acceptors (Lipinski definition) is 5. The van der Waals surface area contributed by atoms with Crippen molar-refractivity contribution in [3.63, 3.8) is 0 Å². The number of carbonyl (C=O) groups excluding carboxylic acids is 1. The van der Waals surface area contributed by atoms with Crippen LogP contribution in [-0.2, 0) is 16.0 Å². The molecule has 0 amide bonds. The number of alkyl halides is 2. The molecule has 0 aromatic carbocycles. The minimum Gasteiger partial charge on any atom is -0.466 e. The normalized spacial score (nSPS) is 10.6. The molecule has 6 nitrogen and oxygen atoms in total. The van der Waals surface area contributed by atoms with Crippen molar-refractivity contribution in [3.05, 3.63) is 31.0 Å². The second-order valence-electron chi connectivity index (χ2n) is 3.36. The van der Waals surface area contributed by atoms with Gasteiger partial charge in [0, 0.05) is 5.56 Å². The predicted octanol–water partition coefficient (Wildman–Crippen LogP) is 2.64. The summed E-state index contributed by atoms with van der Waals surface area (Å²) in [5.41, 5.74) is -0.944. The number of halogens is 3. The van der Waals surface area contributed by atoms with Gasteiger partial charge in [-0.05, 0) is 39.4 Å². The summed E-state index contributed by atoms with van der Waals surface area (Å²) < 4.78 is 30.6. The number of nitrogens with zero attached hydrogens (tertiary/aromatic N) is 2. The Bertz CT molecular complexity index is 511. The third-order valence-corrected chi connectivity index (χ3v) is 3.03. The summed E-state index contributed by atoms with van der Waals surface area (Å²) in [5, 5.41) is 10.8. The Morgan fingerprint density at radius 2 is 2.26 bits per heavy atom. The third kappa shape index (κ3) is 3.78. The molecule has 1 aromatic heterocycles. The second kappa shape index (κ2) is 6.68. The van der Waals surface area contributed by atoms with Crippen LogP contribution in [0.2, 0.25) is 0 Å². The number of esters is 1. The van der Waals surface area contributed by atoms with Crippen LogP contribution in [0.5, 0.6) is 0 Å². The van der Waals surface area contributed by atoms with Crippen molar-refractivity contribution in [1.29, 1.82) is 0 Å². The Kier molecular flexibility index (Phi) is 5.51. The summed E-state index contributed by atoms with van der Waals surface area (Å²) in [6, 6.07) is 0. The van der Waals surface area contributed by atoms with Crippen LogP contribution >= 0.6 is 22.6 Å². The fourth-order valence-electron chi connectivity index (χ4n) is 1.45. The number of pyridine rings is 1. The first kappa shape index (κ1) is 15.7. The van der Waals surface area contributed by atoms with E-state index in [2.05, 4.69) is 9.72 Å². The molecule has 0 radical (unpaired) electrons. The molecule has 0 aliphatic heterocycles. The maximum absolute atomic E-state index is 13.0. The van der Waals surface area contributed by atoms with Crippen LogP contribution in [0.1, 0.15) is 24.5 Å².